The smallest absolute Gasteiger partial charge is 0.224 e. The average Bonchev–Trinajstić information content (AvgIpc) is 2.60. The third kappa shape index (κ3) is 2.45. The lowest BCUT2D eigenvalue weighted by Gasteiger charge is -2.25. The zero-order chi connectivity index (χ0) is 12.3. The van der Waals surface area contributed by atoms with Crippen LogP contribution >= 0.6 is 0 Å². The molecule has 0 aromatic carbocycles. The average molecular weight is 220 g/mol. The molecule has 1 N–H and O–H groups in total. The van der Waals surface area contributed by atoms with Crippen molar-refractivity contribution in [3.8, 4) is 6.07 Å². The SMILES string of the molecule is CNC(=O)CC1=C(C#N)N=NC1C(C)(C)C. The summed E-state index contributed by atoms with van der Waals surface area (Å²) in [6, 6.07) is 1.80. The molecule has 1 amide bonds. The Morgan fingerprint density at radius 3 is 2.62 bits per heavy atom. The molecule has 5 heteroatoms. The highest BCUT2D eigenvalue weighted by atomic mass is 16.1. The van der Waals surface area contributed by atoms with Crippen molar-refractivity contribution >= 4 is 5.91 Å². The van der Waals surface area contributed by atoms with Gasteiger partial charge in [-0.25, -0.2) is 0 Å². The Kier molecular flexibility index (Phi) is 3.43. The van der Waals surface area contributed by atoms with E-state index in [-0.39, 0.29) is 29.5 Å². The molecule has 0 fully saturated rings. The maximum absolute atomic E-state index is 11.4. The molecule has 1 aliphatic heterocycles. The van der Waals surface area contributed by atoms with E-state index >= 15 is 0 Å². The molecule has 5 nitrogen and oxygen atoms in total. The first-order chi connectivity index (χ1) is 7.40. The Labute approximate surface area is 95.2 Å². The van der Waals surface area contributed by atoms with E-state index in [1.807, 2.05) is 26.8 Å². The Hall–Kier alpha value is -1.70. The van der Waals surface area contributed by atoms with Crippen molar-refractivity contribution in [2.45, 2.75) is 33.2 Å². The zero-order valence-electron chi connectivity index (χ0n) is 10.0. The van der Waals surface area contributed by atoms with Gasteiger partial charge in [0.15, 0.2) is 5.70 Å². The number of nitrogens with zero attached hydrogens (tertiary/aromatic N) is 3. The number of hydrogen-bond acceptors (Lipinski definition) is 4. The van der Waals surface area contributed by atoms with E-state index in [0.29, 0.717) is 5.57 Å². The van der Waals surface area contributed by atoms with Crippen LogP contribution in [-0.4, -0.2) is 19.0 Å². The molecular weight excluding hydrogens is 204 g/mol. The summed E-state index contributed by atoms with van der Waals surface area (Å²) in [4.78, 5) is 11.4. The van der Waals surface area contributed by atoms with Gasteiger partial charge in [-0.2, -0.15) is 10.4 Å². The van der Waals surface area contributed by atoms with E-state index in [4.69, 9.17) is 5.26 Å². The standard InChI is InChI=1S/C11H16N4O/c1-11(2,3)10-7(5-9(16)13-4)8(6-12)14-15-10/h10H,5H2,1-4H3,(H,13,16). The molecule has 1 aliphatic rings. The van der Waals surface area contributed by atoms with Gasteiger partial charge in [-0.1, -0.05) is 20.8 Å². The van der Waals surface area contributed by atoms with Gasteiger partial charge in [0.25, 0.3) is 0 Å². The summed E-state index contributed by atoms with van der Waals surface area (Å²) in [5, 5.41) is 19.4. The predicted octanol–water partition coefficient (Wildman–Crippen LogP) is 1.78. The monoisotopic (exact) mass is 220 g/mol. The normalized spacial score (nSPS) is 19.8. The highest BCUT2D eigenvalue weighted by Crippen LogP contribution is 2.36. The van der Waals surface area contributed by atoms with Crippen LogP contribution in [-0.2, 0) is 4.79 Å². The van der Waals surface area contributed by atoms with Crippen LogP contribution in [0, 0.1) is 16.7 Å². The predicted molar refractivity (Wildman–Crippen MR) is 59.4 cm³/mol. The first-order valence-electron chi connectivity index (χ1n) is 5.14. The fourth-order valence-corrected chi connectivity index (χ4v) is 1.61. The quantitative estimate of drug-likeness (QED) is 0.769. The van der Waals surface area contributed by atoms with Gasteiger partial charge < -0.3 is 5.32 Å². The summed E-state index contributed by atoms with van der Waals surface area (Å²) in [6.07, 6.45) is 0.189. The topological polar surface area (TPSA) is 77.6 Å². The van der Waals surface area contributed by atoms with Crippen molar-refractivity contribution in [1.82, 2.24) is 5.32 Å². The molecule has 16 heavy (non-hydrogen) atoms. The Morgan fingerprint density at radius 1 is 1.56 bits per heavy atom. The van der Waals surface area contributed by atoms with Crippen LogP contribution in [0.3, 0.4) is 0 Å². The molecule has 0 saturated carbocycles. The molecule has 1 atom stereocenters. The van der Waals surface area contributed by atoms with Crippen molar-refractivity contribution in [3.05, 3.63) is 11.3 Å². The molecule has 0 aliphatic carbocycles. The van der Waals surface area contributed by atoms with Gasteiger partial charge in [0, 0.05) is 12.6 Å². The third-order valence-corrected chi connectivity index (χ3v) is 2.46. The maximum Gasteiger partial charge on any atom is 0.224 e. The number of amides is 1. The summed E-state index contributed by atoms with van der Waals surface area (Å²) < 4.78 is 0. The van der Waals surface area contributed by atoms with Crippen molar-refractivity contribution in [2.24, 2.45) is 15.6 Å². The number of nitriles is 1. The Morgan fingerprint density at radius 2 is 2.19 bits per heavy atom. The molecule has 0 spiro atoms. The molecule has 1 rings (SSSR count). The molecule has 0 aromatic heterocycles. The van der Waals surface area contributed by atoms with Gasteiger partial charge in [-0.15, -0.1) is 5.11 Å². The number of carbonyl (C=O) groups excluding carboxylic acids is 1. The fourth-order valence-electron chi connectivity index (χ4n) is 1.61. The molecule has 0 aromatic rings. The van der Waals surface area contributed by atoms with E-state index in [2.05, 4.69) is 15.5 Å². The summed E-state index contributed by atoms with van der Waals surface area (Å²) in [6.45, 7) is 6.04. The van der Waals surface area contributed by atoms with E-state index in [9.17, 15) is 4.79 Å². The van der Waals surface area contributed by atoms with Gasteiger partial charge in [0.05, 0.1) is 6.42 Å². The number of azo groups is 1. The number of allylic oxidation sites excluding steroid dienone is 1. The van der Waals surface area contributed by atoms with Crippen molar-refractivity contribution in [1.29, 1.82) is 5.26 Å². The molecule has 1 unspecified atom stereocenters. The van der Waals surface area contributed by atoms with E-state index < -0.39 is 0 Å². The summed E-state index contributed by atoms with van der Waals surface area (Å²) in [7, 11) is 1.57. The molecule has 0 saturated heterocycles. The maximum atomic E-state index is 11.4. The van der Waals surface area contributed by atoms with Gasteiger partial charge in [0.2, 0.25) is 5.91 Å². The Balaban J connectivity index is 3.00. The zero-order valence-corrected chi connectivity index (χ0v) is 10.0. The fraction of sp³-hybridized carbons (Fsp3) is 0.636. The number of hydrogen-bond donors (Lipinski definition) is 1. The minimum Gasteiger partial charge on any atom is -0.359 e. The molecule has 0 radical (unpaired) electrons. The van der Waals surface area contributed by atoms with Crippen LogP contribution in [0.4, 0.5) is 0 Å². The van der Waals surface area contributed by atoms with Crippen LogP contribution in [0.2, 0.25) is 0 Å². The van der Waals surface area contributed by atoms with E-state index in [1.54, 1.807) is 7.05 Å². The van der Waals surface area contributed by atoms with Gasteiger partial charge in [-0.3, -0.25) is 4.79 Å². The number of nitrogens with one attached hydrogen (secondary N) is 1. The second kappa shape index (κ2) is 4.44. The first-order valence-corrected chi connectivity index (χ1v) is 5.14. The largest absolute Gasteiger partial charge is 0.359 e. The lowest BCUT2D eigenvalue weighted by atomic mass is 9.81. The van der Waals surface area contributed by atoms with Crippen molar-refractivity contribution in [2.75, 3.05) is 7.05 Å². The second-order valence-electron chi connectivity index (χ2n) is 4.82. The first kappa shape index (κ1) is 12.4. The molecule has 0 bridgehead atoms. The molecule has 86 valence electrons. The summed E-state index contributed by atoms with van der Waals surface area (Å²) in [5.74, 6) is -0.121. The highest BCUT2D eigenvalue weighted by molar-refractivity contribution is 5.79. The van der Waals surface area contributed by atoms with Gasteiger partial charge >= 0.3 is 0 Å². The third-order valence-electron chi connectivity index (χ3n) is 2.46. The summed E-state index contributed by atoms with van der Waals surface area (Å²) in [5.41, 5.74) is 0.865. The van der Waals surface area contributed by atoms with Gasteiger partial charge in [-0.05, 0) is 5.41 Å². The lowest BCUT2D eigenvalue weighted by Crippen LogP contribution is -2.28. The van der Waals surface area contributed by atoms with Crippen molar-refractivity contribution in [3.63, 3.8) is 0 Å². The van der Waals surface area contributed by atoms with Crippen LogP contribution in [0.15, 0.2) is 21.5 Å². The Bertz CT molecular complexity index is 395. The van der Waals surface area contributed by atoms with Crippen LogP contribution < -0.4 is 5.32 Å². The molecular formula is C11H16N4O. The minimum atomic E-state index is -0.181. The highest BCUT2D eigenvalue weighted by Gasteiger charge is 2.34. The lowest BCUT2D eigenvalue weighted by molar-refractivity contribution is -0.120. The molecule has 1 heterocycles. The second-order valence-corrected chi connectivity index (χ2v) is 4.82. The van der Waals surface area contributed by atoms with E-state index in [0.717, 1.165) is 0 Å². The number of carbonyl (C=O) groups is 1. The van der Waals surface area contributed by atoms with Crippen molar-refractivity contribution < 1.29 is 4.79 Å². The summed E-state index contributed by atoms with van der Waals surface area (Å²) >= 11 is 0. The number of rotatable bonds is 2. The minimum absolute atomic E-state index is 0.121. The van der Waals surface area contributed by atoms with Crippen LogP contribution in [0.5, 0.6) is 0 Å². The van der Waals surface area contributed by atoms with Crippen LogP contribution in [0.1, 0.15) is 27.2 Å². The van der Waals surface area contributed by atoms with Gasteiger partial charge in [0.1, 0.15) is 12.1 Å². The van der Waals surface area contributed by atoms with Crippen LogP contribution in [0.25, 0.3) is 0 Å². The van der Waals surface area contributed by atoms with E-state index in [1.165, 1.54) is 0 Å².